The topological polar surface area (TPSA) is 148 Å². The van der Waals surface area contributed by atoms with Gasteiger partial charge < -0.3 is 20.3 Å². The number of aromatic nitrogens is 6. The minimum atomic E-state index is -4.90. The summed E-state index contributed by atoms with van der Waals surface area (Å²) in [6.07, 6.45) is -6.99. The third kappa shape index (κ3) is 5.19. The number of ether oxygens (including phenoxy) is 1. The van der Waals surface area contributed by atoms with Crippen LogP contribution in [0.15, 0.2) is 23.4 Å². The van der Waals surface area contributed by atoms with Gasteiger partial charge >= 0.3 is 12.4 Å². The molecule has 216 valence electrons. The van der Waals surface area contributed by atoms with Gasteiger partial charge in [0.1, 0.15) is 11.6 Å². The lowest BCUT2D eigenvalue weighted by atomic mass is 10.1. The zero-order valence-electron chi connectivity index (χ0n) is 20.6. The largest absolute Gasteiger partial charge is 0.435 e. The number of nitrogens with two attached hydrogens (primary N) is 1. The van der Waals surface area contributed by atoms with Crippen LogP contribution in [0.4, 0.5) is 32.3 Å². The van der Waals surface area contributed by atoms with Gasteiger partial charge in [-0.05, 0) is 12.8 Å². The van der Waals surface area contributed by atoms with E-state index in [0.717, 1.165) is 23.3 Å². The summed E-state index contributed by atoms with van der Waals surface area (Å²) in [7, 11) is 0. The van der Waals surface area contributed by atoms with Crippen molar-refractivity contribution in [2.45, 2.75) is 49.9 Å². The summed E-state index contributed by atoms with van der Waals surface area (Å²) in [5.41, 5.74) is 2.36. The summed E-state index contributed by atoms with van der Waals surface area (Å²) in [5, 5.41) is 8.23. The molecule has 12 nitrogen and oxygen atoms in total. The van der Waals surface area contributed by atoms with E-state index in [4.69, 9.17) is 10.5 Å². The number of alkyl halides is 6. The molecule has 1 amide bonds. The summed E-state index contributed by atoms with van der Waals surface area (Å²) in [6, 6.07) is -0.301. The minimum Gasteiger partial charge on any atom is -0.377 e. The van der Waals surface area contributed by atoms with E-state index < -0.39 is 40.7 Å². The van der Waals surface area contributed by atoms with Crippen molar-refractivity contribution in [2.24, 2.45) is 5.73 Å². The standard InChI is InChI=1S/C22H23F6N9O3/c23-21(24,25)11-7-30-20(31-8-11)36-5-2-12-13(36)1-4-35(12)16(38)3-6-40-10-15(29)37-14-9-32-33-19(39)17(14)18(34-37)22(26,27)28/h7-9,12-13,15H,1-6,10,29H2,(H,33,39)/t12-,13-,15?/m1/s1. The van der Waals surface area contributed by atoms with E-state index in [2.05, 4.69) is 20.2 Å². The van der Waals surface area contributed by atoms with Gasteiger partial charge in [-0.15, -0.1) is 0 Å². The number of rotatable bonds is 7. The van der Waals surface area contributed by atoms with Gasteiger partial charge in [0.2, 0.25) is 11.9 Å². The first kappa shape index (κ1) is 27.8. The first-order valence-corrected chi connectivity index (χ1v) is 12.2. The average Bonchev–Trinajstić information content (AvgIpc) is 3.60. The van der Waals surface area contributed by atoms with Gasteiger partial charge in [0.25, 0.3) is 5.56 Å². The maximum atomic E-state index is 13.4. The number of amides is 1. The zero-order chi connectivity index (χ0) is 28.8. The van der Waals surface area contributed by atoms with E-state index in [1.54, 1.807) is 9.80 Å². The Hall–Kier alpha value is -3.80. The van der Waals surface area contributed by atoms with E-state index in [1.165, 1.54) is 0 Å². The second-order valence-corrected chi connectivity index (χ2v) is 9.40. The Morgan fingerprint density at radius 1 is 1.07 bits per heavy atom. The highest BCUT2D eigenvalue weighted by Gasteiger charge is 2.45. The van der Waals surface area contributed by atoms with Crippen LogP contribution in [0.5, 0.6) is 0 Å². The Labute approximate surface area is 221 Å². The molecule has 3 atom stereocenters. The van der Waals surface area contributed by atoms with Gasteiger partial charge in [0, 0.05) is 25.5 Å². The van der Waals surface area contributed by atoms with E-state index in [9.17, 15) is 35.9 Å². The number of anilines is 1. The summed E-state index contributed by atoms with van der Waals surface area (Å²) < 4.78 is 84.8. The van der Waals surface area contributed by atoms with E-state index in [-0.39, 0.29) is 49.1 Å². The van der Waals surface area contributed by atoms with Crippen LogP contribution < -0.4 is 16.2 Å². The monoisotopic (exact) mass is 575 g/mol. The number of halogens is 6. The van der Waals surface area contributed by atoms with Gasteiger partial charge in [0.05, 0.1) is 49.0 Å². The lowest BCUT2D eigenvalue weighted by molar-refractivity contribution is -0.140. The van der Waals surface area contributed by atoms with E-state index in [0.29, 0.717) is 25.9 Å². The van der Waals surface area contributed by atoms with Crippen molar-refractivity contribution >= 4 is 22.8 Å². The zero-order valence-corrected chi connectivity index (χ0v) is 20.6. The molecule has 2 fully saturated rings. The molecule has 18 heteroatoms. The van der Waals surface area contributed by atoms with Gasteiger partial charge in [-0.3, -0.25) is 9.59 Å². The van der Waals surface area contributed by atoms with Gasteiger partial charge in [-0.1, -0.05) is 0 Å². The van der Waals surface area contributed by atoms with Crippen LogP contribution in [-0.2, 0) is 21.9 Å². The molecule has 0 aromatic carbocycles. The third-order valence-corrected chi connectivity index (χ3v) is 6.98. The van der Waals surface area contributed by atoms with Crippen molar-refractivity contribution in [3.05, 3.63) is 40.2 Å². The number of likely N-dealkylation sites (tertiary alicyclic amines) is 1. The normalized spacial score (nSPS) is 20.4. The van der Waals surface area contributed by atoms with Crippen LogP contribution in [0.1, 0.15) is 36.7 Å². The van der Waals surface area contributed by atoms with E-state index >= 15 is 0 Å². The molecule has 2 aliphatic rings. The fraction of sp³-hybridized carbons (Fsp3) is 0.545. The van der Waals surface area contributed by atoms with Crippen LogP contribution in [0.3, 0.4) is 0 Å². The van der Waals surface area contributed by atoms with Gasteiger partial charge in [0.15, 0.2) is 5.69 Å². The minimum absolute atomic E-state index is 0.0262. The Morgan fingerprint density at radius 2 is 1.77 bits per heavy atom. The number of fused-ring (bicyclic) bond motifs is 2. The molecule has 5 rings (SSSR count). The van der Waals surface area contributed by atoms with Crippen molar-refractivity contribution in [2.75, 3.05) is 31.2 Å². The van der Waals surface area contributed by atoms with Crippen molar-refractivity contribution in [1.82, 2.24) is 34.8 Å². The summed E-state index contributed by atoms with van der Waals surface area (Å²) in [4.78, 5) is 36.0. The van der Waals surface area contributed by atoms with Crippen LogP contribution in [0.2, 0.25) is 0 Å². The molecule has 0 saturated carbocycles. The molecule has 3 N–H and O–H groups in total. The van der Waals surface area contributed by atoms with Crippen molar-refractivity contribution in [3.8, 4) is 0 Å². The third-order valence-electron chi connectivity index (χ3n) is 6.98. The predicted octanol–water partition coefficient (Wildman–Crippen LogP) is 1.69. The molecule has 2 aliphatic heterocycles. The van der Waals surface area contributed by atoms with Crippen LogP contribution >= 0.6 is 0 Å². The number of carbonyl (C=O) groups is 1. The molecule has 2 saturated heterocycles. The lowest BCUT2D eigenvalue weighted by Crippen LogP contribution is -2.40. The van der Waals surface area contributed by atoms with Gasteiger partial charge in [-0.2, -0.15) is 36.5 Å². The van der Waals surface area contributed by atoms with Gasteiger partial charge in [-0.25, -0.2) is 19.7 Å². The molecule has 0 spiro atoms. The first-order chi connectivity index (χ1) is 18.9. The lowest BCUT2D eigenvalue weighted by Gasteiger charge is -2.26. The summed E-state index contributed by atoms with van der Waals surface area (Å²) >= 11 is 0. The van der Waals surface area contributed by atoms with Crippen LogP contribution in [0, 0.1) is 0 Å². The molecule has 5 heterocycles. The molecule has 40 heavy (non-hydrogen) atoms. The fourth-order valence-corrected chi connectivity index (χ4v) is 5.19. The van der Waals surface area contributed by atoms with Crippen LogP contribution in [0.25, 0.3) is 10.9 Å². The number of nitrogens with zero attached hydrogens (tertiary/aromatic N) is 7. The Bertz CT molecular complexity index is 1440. The summed E-state index contributed by atoms with van der Waals surface area (Å²) in [5.74, 6) is -0.0416. The molecular formula is C22H23F6N9O3. The maximum absolute atomic E-state index is 13.4. The number of aromatic amines is 1. The SMILES string of the molecule is NC(COCCC(=O)N1CC[C@@H]2[C@H]1CCN2c1ncc(C(F)(F)F)cn1)n1nc(C(F)(F)F)c2c(=O)[nH]ncc21. The number of nitrogens with one attached hydrogen (secondary N) is 1. The number of hydrogen-bond donors (Lipinski definition) is 2. The Morgan fingerprint density at radius 3 is 2.45 bits per heavy atom. The molecule has 3 aromatic heterocycles. The van der Waals surface area contributed by atoms with Crippen LogP contribution in [-0.4, -0.2) is 79.1 Å². The second-order valence-electron chi connectivity index (χ2n) is 9.40. The van der Waals surface area contributed by atoms with Crippen molar-refractivity contribution < 1.29 is 35.9 Å². The molecule has 3 aromatic rings. The number of carbonyl (C=O) groups excluding carboxylic acids is 1. The Balaban J connectivity index is 1.15. The maximum Gasteiger partial charge on any atom is 0.435 e. The molecule has 0 aliphatic carbocycles. The highest BCUT2D eigenvalue weighted by Crippen LogP contribution is 2.35. The fourth-order valence-electron chi connectivity index (χ4n) is 5.19. The highest BCUT2D eigenvalue weighted by molar-refractivity contribution is 5.80. The highest BCUT2D eigenvalue weighted by atomic mass is 19.4. The average molecular weight is 575 g/mol. The van der Waals surface area contributed by atoms with E-state index in [1.807, 2.05) is 5.10 Å². The molecule has 0 radical (unpaired) electrons. The number of hydrogen-bond acceptors (Lipinski definition) is 9. The van der Waals surface area contributed by atoms with Crippen molar-refractivity contribution in [1.29, 1.82) is 0 Å². The number of H-pyrrole nitrogens is 1. The van der Waals surface area contributed by atoms with Crippen molar-refractivity contribution in [3.63, 3.8) is 0 Å². The second kappa shape index (κ2) is 10.3. The quantitative estimate of drug-likeness (QED) is 0.317. The predicted molar refractivity (Wildman–Crippen MR) is 125 cm³/mol. The first-order valence-electron chi connectivity index (χ1n) is 12.2. The Kier molecular flexibility index (Phi) is 7.15. The molecule has 0 bridgehead atoms. The molecular weight excluding hydrogens is 552 g/mol. The molecule has 1 unspecified atom stereocenters. The summed E-state index contributed by atoms with van der Waals surface area (Å²) in [6.45, 7) is 0.548. The smallest absolute Gasteiger partial charge is 0.377 e.